The summed E-state index contributed by atoms with van der Waals surface area (Å²) in [4.78, 5) is 26.5. The van der Waals surface area contributed by atoms with E-state index in [1.165, 1.54) is 23.9 Å². The molecule has 0 amide bonds. The predicted molar refractivity (Wildman–Crippen MR) is 82.0 cm³/mol. The first-order chi connectivity index (χ1) is 11.8. The van der Waals surface area contributed by atoms with Gasteiger partial charge in [-0.2, -0.15) is 18.3 Å². The van der Waals surface area contributed by atoms with Crippen molar-refractivity contribution < 1.29 is 22.7 Å². The molecule has 0 fully saturated rings. The smallest absolute Gasteiger partial charge is 0.429 e. The highest BCUT2D eigenvalue weighted by Crippen LogP contribution is 2.36. The number of carbonyl (C=O) groups excluding carboxylic acids is 1. The molecule has 130 valence electrons. The highest BCUT2D eigenvalue weighted by Gasteiger charge is 2.45. The first-order valence-electron chi connectivity index (χ1n) is 7.14. The molecular formula is C16H12F3N3O3. The summed E-state index contributed by atoms with van der Waals surface area (Å²) in [6, 6.07) is 7.19. The van der Waals surface area contributed by atoms with Crippen LogP contribution in [0.5, 0.6) is 0 Å². The zero-order valence-corrected chi connectivity index (χ0v) is 12.9. The summed E-state index contributed by atoms with van der Waals surface area (Å²) < 4.78 is 45.8. The number of ether oxygens (including phenoxy) is 1. The van der Waals surface area contributed by atoms with Gasteiger partial charge in [0.1, 0.15) is 0 Å². The number of esters is 1. The normalized spacial score (nSPS) is 13.0. The lowest BCUT2D eigenvalue weighted by molar-refractivity contribution is -0.207. The van der Waals surface area contributed by atoms with Crippen molar-refractivity contribution in [2.24, 2.45) is 7.05 Å². The van der Waals surface area contributed by atoms with Crippen LogP contribution in [0.2, 0.25) is 0 Å². The molecule has 0 aliphatic carbocycles. The van der Waals surface area contributed by atoms with Crippen molar-refractivity contribution in [3.8, 4) is 0 Å². The maximum Gasteiger partial charge on any atom is 0.429 e. The lowest BCUT2D eigenvalue weighted by atomic mass is 10.1. The average Bonchev–Trinajstić information content (AvgIpc) is 2.96. The number of carbonyl (C=O) groups is 1. The molecule has 0 saturated heterocycles. The Morgan fingerprint density at radius 2 is 2.04 bits per heavy atom. The molecular weight excluding hydrogens is 339 g/mol. The molecule has 9 heteroatoms. The Balaban J connectivity index is 2.02. The van der Waals surface area contributed by atoms with Crippen molar-refractivity contribution in [1.82, 2.24) is 14.8 Å². The minimum Gasteiger partial charge on any atom is -0.444 e. The van der Waals surface area contributed by atoms with Crippen molar-refractivity contribution in [2.75, 3.05) is 0 Å². The van der Waals surface area contributed by atoms with Gasteiger partial charge in [-0.1, -0.05) is 18.2 Å². The second kappa shape index (κ2) is 6.08. The third-order valence-electron chi connectivity index (χ3n) is 3.52. The number of nitrogens with zero attached hydrogens (tertiary/aromatic N) is 2. The van der Waals surface area contributed by atoms with Gasteiger partial charge in [-0.3, -0.25) is 9.48 Å². The fourth-order valence-corrected chi connectivity index (χ4v) is 2.44. The summed E-state index contributed by atoms with van der Waals surface area (Å²) >= 11 is 0. The van der Waals surface area contributed by atoms with Crippen LogP contribution < -0.4 is 5.56 Å². The number of hydrogen-bond acceptors (Lipinski definition) is 4. The maximum atomic E-state index is 13.3. The Morgan fingerprint density at radius 1 is 1.32 bits per heavy atom. The van der Waals surface area contributed by atoms with E-state index in [0.29, 0.717) is 10.9 Å². The summed E-state index contributed by atoms with van der Waals surface area (Å²) in [5, 5.41) is 3.96. The van der Waals surface area contributed by atoms with Gasteiger partial charge < -0.3 is 9.72 Å². The fraction of sp³-hybridized carbons (Fsp3) is 0.188. The van der Waals surface area contributed by atoms with E-state index in [9.17, 15) is 22.8 Å². The molecule has 3 aromatic rings. The highest BCUT2D eigenvalue weighted by molar-refractivity contribution is 6.03. The van der Waals surface area contributed by atoms with E-state index in [1.807, 2.05) is 0 Å². The Morgan fingerprint density at radius 3 is 2.68 bits per heavy atom. The van der Waals surface area contributed by atoms with E-state index in [4.69, 9.17) is 4.74 Å². The van der Waals surface area contributed by atoms with Gasteiger partial charge in [0.05, 0.1) is 11.8 Å². The van der Waals surface area contributed by atoms with Crippen LogP contribution in [0.4, 0.5) is 13.2 Å². The number of H-pyrrole nitrogens is 1. The van der Waals surface area contributed by atoms with E-state index in [-0.39, 0.29) is 11.1 Å². The number of aryl methyl sites for hydroxylation is 1. The topological polar surface area (TPSA) is 77.0 Å². The lowest BCUT2D eigenvalue weighted by Gasteiger charge is -2.19. The molecule has 3 rings (SSSR count). The van der Waals surface area contributed by atoms with E-state index < -0.39 is 23.8 Å². The maximum absolute atomic E-state index is 13.3. The molecule has 0 radical (unpaired) electrons. The van der Waals surface area contributed by atoms with Crippen LogP contribution in [-0.4, -0.2) is 26.9 Å². The quantitative estimate of drug-likeness (QED) is 0.736. The van der Waals surface area contributed by atoms with E-state index in [1.54, 1.807) is 12.1 Å². The predicted octanol–water partition coefficient (Wildman–Crippen LogP) is 2.72. The Kier molecular flexibility index (Phi) is 4.07. The summed E-state index contributed by atoms with van der Waals surface area (Å²) in [5.41, 5.74) is -0.836. The molecule has 1 unspecified atom stereocenters. The Hall–Kier alpha value is -3.10. The van der Waals surface area contributed by atoms with Crippen molar-refractivity contribution in [2.45, 2.75) is 12.3 Å². The van der Waals surface area contributed by atoms with Crippen LogP contribution in [0.25, 0.3) is 10.9 Å². The number of para-hydroxylation sites is 1. The SMILES string of the molecule is Cn1cc(C(OC(=O)c2cc(=O)[nH]c3ccccc23)C(F)(F)F)cn1. The minimum absolute atomic E-state index is 0.238. The lowest BCUT2D eigenvalue weighted by Crippen LogP contribution is -2.26. The fourth-order valence-electron chi connectivity index (χ4n) is 2.44. The van der Waals surface area contributed by atoms with E-state index in [0.717, 1.165) is 18.5 Å². The van der Waals surface area contributed by atoms with Gasteiger partial charge in [-0.05, 0) is 6.07 Å². The van der Waals surface area contributed by atoms with Crippen LogP contribution in [0.1, 0.15) is 22.0 Å². The molecule has 1 aromatic carbocycles. The first kappa shape index (κ1) is 16.7. The summed E-state index contributed by atoms with van der Waals surface area (Å²) in [7, 11) is 1.45. The Labute approximate surface area is 138 Å². The molecule has 0 saturated carbocycles. The molecule has 25 heavy (non-hydrogen) atoms. The first-order valence-corrected chi connectivity index (χ1v) is 7.14. The molecule has 1 atom stereocenters. The monoisotopic (exact) mass is 351 g/mol. The zero-order valence-electron chi connectivity index (χ0n) is 12.9. The molecule has 2 aromatic heterocycles. The van der Waals surface area contributed by atoms with Crippen molar-refractivity contribution in [1.29, 1.82) is 0 Å². The van der Waals surface area contributed by atoms with Gasteiger partial charge in [0, 0.05) is 35.8 Å². The van der Waals surface area contributed by atoms with Crippen LogP contribution in [0.3, 0.4) is 0 Å². The van der Waals surface area contributed by atoms with Crippen LogP contribution in [0.15, 0.2) is 47.5 Å². The van der Waals surface area contributed by atoms with Gasteiger partial charge in [-0.15, -0.1) is 0 Å². The van der Waals surface area contributed by atoms with E-state index in [2.05, 4.69) is 10.1 Å². The number of rotatable bonds is 3. The number of hydrogen-bond donors (Lipinski definition) is 1. The van der Waals surface area contributed by atoms with Crippen LogP contribution in [-0.2, 0) is 11.8 Å². The number of benzene rings is 1. The summed E-state index contributed by atoms with van der Waals surface area (Å²) in [6.07, 6.45) is -5.22. The van der Waals surface area contributed by atoms with Crippen molar-refractivity contribution in [3.63, 3.8) is 0 Å². The molecule has 0 bridgehead atoms. The molecule has 1 N–H and O–H groups in total. The van der Waals surface area contributed by atoms with Crippen molar-refractivity contribution >= 4 is 16.9 Å². The third-order valence-corrected chi connectivity index (χ3v) is 3.52. The number of alkyl halides is 3. The number of aromatic nitrogens is 3. The number of fused-ring (bicyclic) bond motifs is 1. The summed E-state index contributed by atoms with van der Waals surface area (Å²) in [6.45, 7) is 0. The third kappa shape index (κ3) is 3.39. The van der Waals surface area contributed by atoms with E-state index >= 15 is 0 Å². The Bertz CT molecular complexity index is 991. The van der Waals surface area contributed by atoms with Crippen LogP contribution in [0, 0.1) is 0 Å². The van der Waals surface area contributed by atoms with Crippen molar-refractivity contribution in [3.05, 3.63) is 64.2 Å². The average molecular weight is 351 g/mol. The molecule has 6 nitrogen and oxygen atoms in total. The van der Waals surface area contributed by atoms with Gasteiger partial charge in [0.25, 0.3) is 0 Å². The molecule has 0 spiro atoms. The largest absolute Gasteiger partial charge is 0.444 e. The standard InChI is InChI=1S/C16H12F3N3O3/c1-22-8-9(7-20-22)14(16(17,18)19)25-15(24)11-6-13(23)21-12-5-3-2-4-10(11)12/h2-8,14H,1H3,(H,21,23). The second-order valence-corrected chi connectivity index (χ2v) is 5.37. The van der Waals surface area contributed by atoms with Gasteiger partial charge in [-0.25, -0.2) is 4.79 Å². The number of halogens is 3. The summed E-state index contributed by atoms with van der Waals surface area (Å²) in [5.74, 6) is -1.24. The van der Waals surface area contributed by atoms with Gasteiger partial charge >= 0.3 is 12.1 Å². The van der Waals surface area contributed by atoms with Gasteiger partial charge in [0.2, 0.25) is 11.7 Å². The molecule has 0 aliphatic heterocycles. The van der Waals surface area contributed by atoms with Gasteiger partial charge in [0.15, 0.2) is 0 Å². The number of aromatic amines is 1. The van der Waals surface area contributed by atoms with Crippen LogP contribution >= 0.6 is 0 Å². The molecule has 0 aliphatic rings. The molecule has 2 heterocycles. The highest BCUT2D eigenvalue weighted by atomic mass is 19.4. The number of pyridine rings is 1. The zero-order chi connectivity index (χ0) is 18.2. The number of nitrogens with one attached hydrogen (secondary N) is 1. The minimum atomic E-state index is -4.82. The second-order valence-electron chi connectivity index (χ2n) is 5.37.